The summed E-state index contributed by atoms with van der Waals surface area (Å²) in [6.45, 7) is 14.3. The van der Waals surface area contributed by atoms with Crippen LogP contribution in [0, 0.1) is 20.8 Å². The molecule has 0 aliphatic carbocycles. The van der Waals surface area contributed by atoms with Gasteiger partial charge in [-0.05, 0) is 151 Å². The van der Waals surface area contributed by atoms with Crippen molar-refractivity contribution in [2.24, 2.45) is 0 Å². The largest absolute Gasteiger partial charge is 0.494 e. The van der Waals surface area contributed by atoms with E-state index in [4.69, 9.17) is 32.8 Å². The molecule has 0 saturated carbocycles. The zero-order valence-corrected chi connectivity index (χ0v) is 44.4. The number of furan rings is 1. The lowest BCUT2D eigenvalue weighted by Gasteiger charge is -2.03. The van der Waals surface area contributed by atoms with Gasteiger partial charge in [0.25, 0.3) is 0 Å². The number of hydrogen-bond acceptors (Lipinski definition) is 18. The number of hydrogen-bond donors (Lipinski definition) is 0. The van der Waals surface area contributed by atoms with Gasteiger partial charge in [-0.2, -0.15) is 0 Å². The summed E-state index contributed by atoms with van der Waals surface area (Å²) < 4.78 is 37.5. The van der Waals surface area contributed by atoms with E-state index < -0.39 is 17.9 Å². The van der Waals surface area contributed by atoms with Gasteiger partial charge >= 0.3 is 17.9 Å². The number of thiazole rings is 3. The van der Waals surface area contributed by atoms with Crippen molar-refractivity contribution >= 4 is 74.6 Å². The first kappa shape index (κ1) is 52.9. The number of aryl methyl sites for hydroxylation is 3. The summed E-state index contributed by atoms with van der Waals surface area (Å²) >= 11 is 7.50. The van der Waals surface area contributed by atoms with E-state index in [0.29, 0.717) is 42.7 Å². The SMILES string of the molecule is CCOc1ccc(-c2nc(C(=O)OCc3ccc(C)o3)cs2)cc1.CCOc1ccc(-c2nc(C(=O)OCc3ccc(C)s3)cs2)cc1.CCOc1ccc(-c2nc(C(=O)OCc3ccc(C)s3)cs2)cc1. The van der Waals surface area contributed by atoms with E-state index in [0.717, 1.165) is 64.5 Å². The van der Waals surface area contributed by atoms with Gasteiger partial charge in [0, 0.05) is 52.3 Å². The maximum Gasteiger partial charge on any atom is 0.358 e. The maximum absolute atomic E-state index is 12.1. The summed E-state index contributed by atoms with van der Waals surface area (Å²) in [5.74, 6) is 2.61. The molecule has 0 aliphatic heterocycles. The third kappa shape index (κ3) is 15.5. The summed E-state index contributed by atoms with van der Waals surface area (Å²) in [4.78, 5) is 53.9. The van der Waals surface area contributed by atoms with E-state index in [2.05, 4.69) is 15.0 Å². The summed E-state index contributed by atoms with van der Waals surface area (Å²) in [5.41, 5.74) is 3.83. The topological polar surface area (TPSA) is 158 Å². The Bertz CT molecular complexity index is 2790. The molecule has 72 heavy (non-hydrogen) atoms. The predicted octanol–water partition coefficient (Wildman–Crippen LogP) is 14.3. The number of esters is 3. The van der Waals surface area contributed by atoms with E-state index in [1.807, 2.05) is 145 Å². The molecule has 0 bridgehead atoms. The van der Waals surface area contributed by atoms with Gasteiger partial charge in [-0.3, -0.25) is 0 Å². The van der Waals surface area contributed by atoms with Crippen LogP contribution >= 0.6 is 56.7 Å². The highest BCUT2D eigenvalue weighted by Crippen LogP contribution is 2.29. The molecular formula is C54H51N3O10S5. The normalized spacial score (nSPS) is 10.6. The molecule has 0 aliphatic rings. The van der Waals surface area contributed by atoms with Crippen molar-refractivity contribution in [2.45, 2.75) is 61.4 Å². The van der Waals surface area contributed by atoms with Crippen molar-refractivity contribution in [3.63, 3.8) is 0 Å². The Labute approximate surface area is 437 Å². The number of nitrogens with zero attached hydrogens (tertiary/aromatic N) is 3. The van der Waals surface area contributed by atoms with Gasteiger partial charge in [-0.1, -0.05) is 0 Å². The second-order valence-corrected chi connectivity index (χ2v) is 20.6. The number of rotatable bonds is 18. The van der Waals surface area contributed by atoms with Gasteiger partial charge in [0.05, 0.1) is 19.8 Å². The molecule has 0 fully saturated rings. The Kier molecular flexibility index (Phi) is 19.4. The minimum absolute atomic E-state index is 0.0998. The number of carbonyl (C=O) groups excluding carboxylic acids is 3. The molecule has 372 valence electrons. The molecule has 0 radical (unpaired) electrons. The van der Waals surface area contributed by atoms with Crippen LogP contribution in [0.5, 0.6) is 17.2 Å². The Hall–Kier alpha value is -6.96. The highest BCUT2D eigenvalue weighted by atomic mass is 32.1. The Morgan fingerprint density at radius 1 is 0.444 bits per heavy atom. The molecule has 0 N–H and O–H groups in total. The van der Waals surface area contributed by atoms with Crippen molar-refractivity contribution in [1.29, 1.82) is 0 Å². The van der Waals surface area contributed by atoms with Gasteiger partial charge in [-0.25, -0.2) is 29.3 Å². The second kappa shape index (κ2) is 26.5. The third-order valence-corrected chi connectivity index (χ3v) is 14.4. The molecule has 9 aromatic rings. The molecule has 0 amide bonds. The lowest BCUT2D eigenvalue weighted by atomic mass is 10.2. The standard InChI is InChI=1S/C18H17NO4S.2C18H17NO3S2/c1-3-21-14-8-5-13(6-9-14)17-19-16(11-24-17)18(20)22-10-15-7-4-12(2)23-15;2*1-3-21-14-7-5-13(6-8-14)17-19-16(11-23-17)18(20)22-10-15-9-4-12(2)24-15/h3*4-9,11H,3,10H2,1-2H3. The fraction of sp³-hybridized carbons (Fsp3) is 0.222. The van der Waals surface area contributed by atoms with Crippen LogP contribution < -0.4 is 14.2 Å². The first-order valence-corrected chi connectivity index (χ1v) is 27.0. The zero-order chi connectivity index (χ0) is 50.8. The lowest BCUT2D eigenvalue weighted by molar-refractivity contribution is 0.0435. The van der Waals surface area contributed by atoms with Crippen molar-refractivity contribution in [3.8, 4) is 49.0 Å². The van der Waals surface area contributed by atoms with Gasteiger partial charge < -0.3 is 32.8 Å². The zero-order valence-electron chi connectivity index (χ0n) is 40.3. The van der Waals surface area contributed by atoms with Gasteiger partial charge in [0.1, 0.15) is 63.6 Å². The number of carbonyl (C=O) groups is 3. The number of aromatic nitrogens is 3. The number of benzene rings is 3. The van der Waals surface area contributed by atoms with Crippen molar-refractivity contribution in [3.05, 3.63) is 173 Å². The van der Waals surface area contributed by atoms with Crippen LogP contribution in [0.4, 0.5) is 0 Å². The Morgan fingerprint density at radius 3 is 1.08 bits per heavy atom. The van der Waals surface area contributed by atoms with E-state index in [1.54, 1.807) is 44.9 Å². The highest BCUT2D eigenvalue weighted by Gasteiger charge is 2.17. The molecule has 6 aromatic heterocycles. The van der Waals surface area contributed by atoms with Crippen LogP contribution in [-0.2, 0) is 34.0 Å². The van der Waals surface area contributed by atoms with E-state index in [-0.39, 0.29) is 19.8 Å². The van der Waals surface area contributed by atoms with Crippen molar-refractivity contribution < 1.29 is 47.2 Å². The molecule has 0 unspecified atom stereocenters. The van der Waals surface area contributed by atoms with Crippen LogP contribution in [0.3, 0.4) is 0 Å². The van der Waals surface area contributed by atoms with Crippen molar-refractivity contribution in [1.82, 2.24) is 15.0 Å². The molecule has 6 heterocycles. The molecule has 3 aromatic carbocycles. The van der Waals surface area contributed by atoms with Gasteiger partial charge in [0.2, 0.25) is 0 Å². The fourth-order valence-electron chi connectivity index (χ4n) is 6.40. The highest BCUT2D eigenvalue weighted by molar-refractivity contribution is 7.14. The lowest BCUT2D eigenvalue weighted by Crippen LogP contribution is -2.05. The summed E-state index contributed by atoms with van der Waals surface area (Å²) in [5, 5.41) is 7.50. The molecule has 0 spiro atoms. The van der Waals surface area contributed by atoms with Crippen LogP contribution in [0.2, 0.25) is 0 Å². The molecule has 0 saturated heterocycles. The first-order valence-electron chi connectivity index (χ1n) is 22.7. The average molecular weight is 1060 g/mol. The third-order valence-electron chi connectivity index (χ3n) is 9.80. The molecule has 18 heteroatoms. The van der Waals surface area contributed by atoms with Crippen LogP contribution in [-0.4, -0.2) is 52.7 Å². The molecular weight excluding hydrogens is 1010 g/mol. The Morgan fingerprint density at radius 2 is 0.792 bits per heavy atom. The van der Waals surface area contributed by atoms with Crippen LogP contribution in [0.25, 0.3) is 31.7 Å². The number of ether oxygens (including phenoxy) is 6. The van der Waals surface area contributed by atoms with E-state index >= 15 is 0 Å². The molecule has 0 atom stereocenters. The van der Waals surface area contributed by atoms with E-state index in [1.165, 1.54) is 43.8 Å². The smallest absolute Gasteiger partial charge is 0.358 e. The number of thiophene rings is 2. The van der Waals surface area contributed by atoms with Crippen molar-refractivity contribution in [2.75, 3.05) is 19.8 Å². The fourth-order valence-corrected chi connectivity index (χ4v) is 10.4. The minimum atomic E-state index is -0.461. The molecule has 13 nitrogen and oxygen atoms in total. The average Bonchev–Trinajstić information content (AvgIpc) is 4.27. The second-order valence-electron chi connectivity index (χ2n) is 15.3. The first-order chi connectivity index (χ1) is 35.0. The summed E-state index contributed by atoms with van der Waals surface area (Å²) in [6.07, 6.45) is 0. The predicted molar refractivity (Wildman–Crippen MR) is 285 cm³/mol. The summed E-state index contributed by atoms with van der Waals surface area (Å²) in [6, 6.07) is 34.6. The van der Waals surface area contributed by atoms with Gasteiger partial charge in [0.15, 0.2) is 17.1 Å². The summed E-state index contributed by atoms with van der Waals surface area (Å²) in [7, 11) is 0. The maximum atomic E-state index is 12.1. The molecule has 9 rings (SSSR count). The quantitative estimate of drug-likeness (QED) is 0.0591. The monoisotopic (exact) mass is 1060 g/mol. The Balaban J connectivity index is 0.000000158. The van der Waals surface area contributed by atoms with Crippen LogP contribution in [0.15, 0.2) is 130 Å². The minimum Gasteiger partial charge on any atom is -0.494 e. The van der Waals surface area contributed by atoms with Crippen LogP contribution in [0.1, 0.15) is 83.3 Å². The van der Waals surface area contributed by atoms with Gasteiger partial charge in [-0.15, -0.1) is 56.7 Å². The van der Waals surface area contributed by atoms with E-state index in [9.17, 15) is 14.4 Å².